The summed E-state index contributed by atoms with van der Waals surface area (Å²) in [4.78, 5) is 19.7. The summed E-state index contributed by atoms with van der Waals surface area (Å²) in [5.74, 6) is -1.30. The number of rotatable bonds is 2. The number of aliphatic hydroxyl groups is 4. The third-order valence-electron chi connectivity index (χ3n) is 2.27. The van der Waals surface area contributed by atoms with Crippen molar-refractivity contribution in [3.8, 4) is 0 Å². The zero-order chi connectivity index (χ0) is 15.2. The highest BCUT2D eigenvalue weighted by molar-refractivity contribution is 5.73. The standard InChI is InChI=1S/C8H15NO6.C2H4O2/c1-3(11)9-5-7(13)6(12)4(2-10)15-8(5)14;1-2(3)4/h4-8,10,12-14H,2H2,1H3,(H,9,11);1H3,(H,3,4)/t4-,5-,6-,7-,8?;/m1./s1. The van der Waals surface area contributed by atoms with E-state index in [0.29, 0.717) is 0 Å². The number of carboxylic acid groups (broad SMARTS) is 1. The quantitative estimate of drug-likeness (QED) is 0.313. The van der Waals surface area contributed by atoms with Gasteiger partial charge in [-0.15, -0.1) is 0 Å². The molecule has 1 fully saturated rings. The van der Waals surface area contributed by atoms with Crippen LogP contribution in [0.15, 0.2) is 0 Å². The first kappa shape index (κ1) is 17.7. The Morgan fingerprint density at radius 1 is 1.16 bits per heavy atom. The summed E-state index contributed by atoms with van der Waals surface area (Å²) in [6.45, 7) is 1.77. The normalized spacial score (nSPS) is 33.9. The van der Waals surface area contributed by atoms with E-state index in [9.17, 15) is 20.1 Å². The molecular formula is C10H19NO8. The summed E-state index contributed by atoms with van der Waals surface area (Å²) >= 11 is 0. The number of aliphatic hydroxyl groups excluding tert-OH is 4. The predicted molar refractivity (Wildman–Crippen MR) is 60.9 cm³/mol. The number of carbonyl (C=O) groups is 2. The average molecular weight is 281 g/mol. The number of amides is 1. The van der Waals surface area contributed by atoms with Crippen LogP contribution in [0.5, 0.6) is 0 Å². The molecule has 1 aliphatic rings. The van der Waals surface area contributed by atoms with Gasteiger partial charge in [-0.05, 0) is 0 Å². The number of hydrogen-bond donors (Lipinski definition) is 6. The van der Waals surface area contributed by atoms with Gasteiger partial charge in [-0.1, -0.05) is 0 Å². The molecular weight excluding hydrogens is 262 g/mol. The molecule has 0 saturated carbocycles. The third kappa shape index (κ3) is 5.94. The number of hydrogen-bond acceptors (Lipinski definition) is 7. The molecule has 5 atom stereocenters. The van der Waals surface area contributed by atoms with Crippen LogP contribution < -0.4 is 5.32 Å². The monoisotopic (exact) mass is 281 g/mol. The SMILES string of the molecule is CC(=O)N[C@H]1C(O)O[C@H](CO)[C@@H](O)[C@@H]1O.CC(=O)O. The molecule has 0 bridgehead atoms. The van der Waals surface area contributed by atoms with E-state index < -0.39 is 49.1 Å². The van der Waals surface area contributed by atoms with E-state index in [4.69, 9.17) is 19.7 Å². The van der Waals surface area contributed by atoms with Crippen molar-refractivity contribution < 1.29 is 39.9 Å². The smallest absolute Gasteiger partial charge is 0.300 e. The number of ether oxygens (including phenoxy) is 1. The van der Waals surface area contributed by atoms with Gasteiger partial charge in [0.05, 0.1) is 6.61 Å². The molecule has 19 heavy (non-hydrogen) atoms. The van der Waals surface area contributed by atoms with Crippen molar-refractivity contribution >= 4 is 11.9 Å². The van der Waals surface area contributed by atoms with Crippen LogP contribution in [0.1, 0.15) is 13.8 Å². The molecule has 9 nitrogen and oxygen atoms in total. The second-order valence-corrected chi connectivity index (χ2v) is 3.97. The van der Waals surface area contributed by atoms with Crippen molar-refractivity contribution in [3.05, 3.63) is 0 Å². The molecule has 0 aliphatic carbocycles. The summed E-state index contributed by atoms with van der Waals surface area (Å²) in [5, 5.41) is 46.8. The average Bonchev–Trinajstić information content (AvgIpc) is 2.28. The summed E-state index contributed by atoms with van der Waals surface area (Å²) in [5.41, 5.74) is 0. The van der Waals surface area contributed by atoms with Gasteiger partial charge in [-0.3, -0.25) is 9.59 Å². The van der Waals surface area contributed by atoms with Gasteiger partial charge in [0.1, 0.15) is 24.4 Å². The Hall–Kier alpha value is -1.26. The lowest BCUT2D eigenvalue weighted by Gasteiger charge is -2.40. The largest absolute Gasteiger partial charge is 0.481 e. The van der Waals surface area contributed by atoms with E-state index in [1.54, 1.807) is 0 Å². The molecule has 1 aliphatic heterocycles. The van der Waals surface area contributed by atoms with E-state index in [0.717, 1.165) is 6.92 Å². The van der Waals surface area contributed by atoms with Gasteiger partial charge in [0.15, 0.2) is 6.29 Å². The topological polar surface area (TPSA) is 157 Å². The highest BCUT2D eigenvalue weighted by Gasteiger charge is 2.43. The van der Waals surface area contributed by atoms with E-state index >= 15 is 0 Å². The molecule has 1 amide bonds. The highest BCUT2D eigenvalue weighted by atomic mass is 16.6. The van der Waals surface area contributed by atoms with Crippen molar-refractivity contribution in [2.24, 2.45) is 0 Å². The van der Waals surface area contributed by atoms with Crippen LogP contribution in [0.25, 0.3) is 0 Å². The van der Waals surface area contributed by atoms with Gasteiger partial charge in [0.25, 0.3) is 5.97 Å². The van der Waals surface area contributed by atoms with E-state index in [-0.39, 0.29) is 0 Å². The van der Waals surface area contributed by atoms with Crippen LogP contribution in [-0.2, 0) is 14.3 Å². The molecule has 6 N–H and O–H groups in total. The van der Waals surface area contributed by atoms with Crippen LogP contribution >= 0.6 is 0 Å². The number of aliphatic carboxylic acids is 1. The molecule has 112 valence electrons. The zero-order valence-corrected chi connectivity index (χ0v) is 10.6. The summed E-state index contributed by atoms with van der Waals surface area (Å²) in [6.07, 6.45) is -5.24. The Labute approximate surface area is 109 Å². The van der Waals surface area contributed by atoms with Crippen molar-refractivity contribution in [3.63, 3.8) is 0 Å². The maximum absolute atomic E-state index is 10.7. The van der Waals surface area contributed by atoms with Gasteiger partial charge < -0.3 is 35.6 Å². The molecule has 0 aromatic heterocycles. The fraction of sp³-hybridized carbons (Fsp3) is 0.800. The number of carbonyl (C=O) groups excluding carboxylic acids is 1. The Balaban J connectivity index is 0.000000711. The van der Waals surface area contributed by atoms with Gasteiger partial charge in [-0.25, -0.2) is 0 Å². The predicted octanol–water partition coefficient (Wildman–Crippen LogP) is -2.99. The third-order valence-corrected chi connectivity index (χ3v) is 2.27. The summed E-state index contributed by atoms with van der Waals surface area (Å²) in [6, 6.07) is -1.10. The molecule has 0 spiro atoms. The molecule has 1 saturated heterocycles. The van der Waals surface area contributed by atoms with Gasteiger partial charge in [0.2, 0.25) is 5.91 Å². The molecule has 1 rings (SSSR count). The first-order chi connectivity index (χ1) is 8.70. The van der Waals surface area contributed by atoms with E-state index in [1.807, 2.05) is 0 Å². The maximum atomic E-state index is 10.7. The van der Waals surface area contributed by atoms with Gasteiger partial charge in [-0.2, -0.15) is 0 Å². The van der Waals surface area contributed by atoms with Crippen molar-refractivity contribution in [1.82, 2.24) is 5.32 Å². The first-order valence-corrected chi connectivity index (χ1v) is 5.47. The zero-order valence-electron chi connectivity index (χ0n) is 10.6. The van der Waals surface area contributed by atoms with Gasteiger partial charge in [0, 0.05) is 13.8 Å². The van der Waals surface area contributed by atoms with Crippen LogP contribution in [-0.4, -0.2) is 74.7 Å². The minimum absolute atomic E-state index is 0.462. The van der Waals surface area contributed by atoms with Crippen LogP contribution in [0, 0.1) is 0 Å². The summed E-state index contributed by atoms with van der Waals surface area (Å²) < 4.78 is 4.81. The molecule has 1 unspecified atom stereocenters. The Morgan fingerprint density at radius 2 is 1.63 bits per heavy atom. The lowest BCUT2D eigenvalue weighted by atomic mass is 9.97. The molecule has 0 aromatic carbocycles. The Kier molecular flexibility index (Phi) is 7.49. The second kappa shape index (κ2) is 8.02. The Morgan fingerprint density at radius 3 is 2.00 bits per heavy atom. The second-order valence-electron chi connectivity index (χ2n) is 3.97. The Bertz CT molecular complexity index is 306. The van der Waals surface area contributed by atoms with E-state index in [1.165, 1.54) is 6.92 Å². The molecule has 9 heteroatoms. The van der Waals surface area contributed by atoms with E-state index in [2.05, 4.69) is 5.32 Å². The lowest BCUT2D eigenvalue weighted by Crippen LogP contribution is -2.63. The van der Waals surface area contributed by atoms with Crippen molar-refractivity contribution in [1.29, 1.82) is 0 Å². The number of carboxylic acids is 1. The minimum Gasteiger partial charge on any atom is -0.481 e. The molecule has 1 heterocycles. The first-order valence-electron chi connectivity index (χ1n) is 5.47. The lowest BCUT2D eigenvalue weighted by molar-refractivity contribution is -0.253. The van der Waals surface area contributed by atoms with Crippen LogP contribution in [0.4, 0.5) is 0 Å². The fourth-order valence-corrected chi connectivity index (χ4v) is 1.49. The highest BCUT2D eigenvalue weighted by Crippen LogP contribution is 2.19. The summed E-state index contributed by atoms with van der Waals surface area (Å²) in [7, 11) is 0. The molecule has 0 radical (unpaired) electrons. The minimum atomic E-state index is -1.45. The van der Waals surface area contributed by atoms with Crippen molar-refractivity contribution in [2.45, 2.75) is 44.5 Å². The molecule has 0 aromatic rings. The van der Waals surface area contributed by atoms with Gasteiger partial charge >= 0.3 is 0 Å². The maximum Gasteiger partial charge on any atom is 0.300 e. The number of nitrogens with one attached hydrogen (secondary N) is 1. The van der Waals surface area contributed by atoms with Crippen LogP contribution in [0.2, 0.25) is 0 Å². The van der Waals surface area contributed by atoms with Crippen molar-refractivity contribution in [2.75, 3.05) is 6.61 Å². The fourth-order valence-electron chi connectivity index (χ4n) is 1.49. The van der Waals surface area contributed by atoms with Crippen LogP contribution in [0.3, 0.4) is 0 Å².